The minimum Gasteiger partial charge on any atom is -0.399 e. The Bertz CT molecular complexity index is 495. The van der Waals surface area contributed by atoms with E-state index in [-0.39, 0.29) is 17.8 Å². The lowest BCUT2D eigenvalue weighted by Gasteiger charge is -2.05. The molecule has 0 spiro atoms. The number of rotatable bonds is 3. The van der Waals surface area contributed by atoms with Gasteiger partial charge in [0.15, 0.2) is 5.78 Å². The number of benzene rings is 1. The Morgan fingerprint density at radius 2 is 2.00 bits per heavy atom. The van der Waals surface area contributed by atoms with Crippen molar-refractivity contribution in [3.63, 3.8) is 0 Å². The van der Waals surface area contributed by atoms with Crippen LogP contribution < -0.4 is 11.5 Å². The molecule has 15 heavy (non-hydrogen) atoms. The first kappa shape index (κ1) is 11.6. The van der Waals surface area contributed by atoms with E-state index in [0.29, 0.717) is 0 Å². The van der Waals surface area contributed by atoms with Crippen molar-refractivity contribution in [1.82, 2.24) is 0 Å². The zero-order valence-corrected chi connectivity index (χ0v) is 8.49. The van der Waals surface area contributed by atoms with Crippen LogP contribution in [0.4, 0.5) is 5.69 Å². The Kier molecular flexibility index (Phi) is 3.08. The third-order valence-corrected chi connectivity index (χ3v) is 2.66. The summed E-state index contributed by atoms with van der Waals surface area (Å²) in [6.07, 6.45) is 0. The molecule has 1 aromatic carbocycles. The maximum absolute atomic E-state index is 11.3. The number of nitrogens with two attached hydrogens (primary N) is 2. The Morgan fingerprint density at radius 1 is 1.40 bits per heavy atom. The van der Waals surface area contributed by atoms with Crippen LogP contribution in [0.1, 0.15) is 10.4 Å². The van der Waals surface area contributed by atoms with E-state index < -0.39 is 20.8 Å². The molecule has 0 aliphatic rings. The number of carbonyl (C=O) groups excluding carboxylic acids is 1. The molecule has 0 aromatic heterocycles. The van der Waals surface area contributed by atoms with E-state index in [0.717, 1.165) is 6.07 Å². The molecule has 0 saturated carbocycles. The highest BCUT2D eigenvalue weighted by Crippen LogP contribution is 2.19. The van der Waals surface area contributed by atoms with Crippen LogP contribution in [0.25, 0.3) is 0 Å². The zero-order chi connectivity index (χ0) is 11.6. The van der Waals surface area contributed by atoms with E-state index in [1.165, 1.54) is 12.1 Å². The summed E-state index contributed by atoms with van der Waals surface area (Å²) in [5.41, 5.74) is 10.4. The van der Waals surface area contributed by atoms with Crippen molar-refractivity contribution < 1.29 is 17.8 Å². The average Bonchev–Trinajstić information content (AvgIpc) is 2.15. The monoisotopic (exact) mass is 230 g/mol. The number of hydrogen-bond acceptors (Lipinski definition) is 5. The number of carbonyl (C=O) groups is 1. The van der Waals surface area contributed by atoms with Crippen LogP contribution in [0, 0.1) is 0 Å². The van der Waals surface area contributed by atoms with E-state index in [9.17, 15) is 13.2 Å². The molecule has 7 heteroatoms. The van der Waals surface area contributed by atoms with Crippen molar-refractivity contribution in [3.8, 4) is 0 Å². The van der Waals surface area contributed by atoms with E-state index >= 15 is 0 Å². The van der Waals surface area contributed by atoms with Crippen molar-refractivity contribution in [1.29, 1.82) is 0 Å². The fraction of sp³-hybridized carbons (Fsp3) is 0.125. The van der Waals surface area contributed by atoms with E-state index in [1.807, 2.05) is 0 Å². The Balaban J connectivity index is 3.47. The number of hydrogen-bond donors (Lipinski definition) is 3. The predicted octanol–water partition coefficient (Wildman–Crippen LogP) is -0.343. The van der Waals surface area contributed by atoms with E-state index in [2.05, 4.69) is 0 Å². The van der Waals surface area contributed by atoms with Gasteiger partial charge in [-0.1, -0.05) is 0 Å². The summed E-state index contributed by atoms with van der Waals surface area (Å²) in [6, 6.07) is 3.59. The van der Waals surface area contributed by atoms with Crippen LogP contribution in [0.15, 0.2) is 23.1 Å². The molecule has 0 atom stereocenters. The molecule has 0 fully saturated rings. The van der Waals surface area contributed by atoms with Gasteiger partial charge in [0.1, 0.15) is 4.90 Å². The number of anilines is 1. The lowest BCUT2D eigenvalue weighted by atomic mass is 10.1. The smallest absolute Gasteiger partial charge is 0.295 e. The summed E-state index contributed by atoms with van der Waals surface area (Å²) in [4.78, 5) is 10.7. The first-order chi connectivity index (χ1) is 6.86. The van der Waals surface area contributed by atoms with Crippen molar-refractivity contribution in [2.45, 2.75) is 4.90 Å². The normalized spacial score (nSPS) is 11.3. The molecule has 0 unspecified atom stereocenters. The van der Waals surface area contributed by atoms with Crippen molar-refractivity contribution in [3.05, 3.63) is 23.8 Å². The molecule has 0 saturated heterocycles. The summed E-state index contributed by atoms with van der Waals surface area (Å²) in [6.45, 7) is -0.341. The molecular weight excluding hydrogens is 220 g/mol. The standard InChI is InChI=1S/C8H10N2O4S/c9-4-7(11)6-2-1-5(10)3-8(6)15(12,13)14/h1-3H,4,9-10H2,(H,12,13,14). The van der Waals surface area contributed by atoms with Gasteiger partial charge < -0.3 is 11.5 Å². The summed E-state index contributed by atoms with van der Waals surface area (Å²) in [5, 5.41) is 0. The van der Waals surface area contributed by atoms with Crippen LogP contribution in [0.5, 0.6) is 0 Å². The molecular formula is C8H10N2O4S. The second-order valence-electron chi connectivity index (χ2n) is 2.86. The predicted molar refractivity (Wildman–Crippen MR) is 54.1 cm³/mol. The third kappa shape index (κ3) is 2.52. The number of nitrogen functional groups attached to an aromatic ring is 1. The molecule has 0 aliphatic heterocycles. The summed E-state index contributed by atoms with van der Waals surface area (Å²) >= 11 is 0. The molecule has 0 aliphatic carbocycles. The molecule has 0 bridgehead atoms. The maximum atomic E-state index is 11.3. The minimum absolute atomic E-state index is 0.135. The molecule has 82 valence electrons. The van der Waals surface area contributed by atoms with Crippen LogP contribution in [-0.4, -0.2) is 25.3 Å². The van der Waals surface area contributed by atoms with Gasteiger partial charge in [-0.15, -0.1) is 0 Å². The molecule has 6 nitrogen and oxygen atoms in total. The van der Waals surface area contributed by atoms with Gasteiger partial charge in [-0.25, -0.2) is 0 Å². The topological polar surface area (TPSA) is 123 Å². The van der Waals surface area contributed by atoms with Crippen LogP contribution in [0.3, 0.4) is 0 Å². The fourth-order valence-electron chi connectivity index (χ4n) is 1.09. The van der Waals surface area contributed by atoms with Crippen molar-refractivity contribution in [2.24, 2.45) is 5.73 Å². The van der Waals surface area contributed by atoms with Gasteiger partial charge >= 0.3 is 0 Å². The highest BCUT2D eigenvalue weighted by Gasteiger charge is 2.19. The Hall–Kier alpha value is -1.44. The van der Waals surface area contributed by atoms with Crippen LogP contribution >= 0.6 is 0 Å². The van der Waals surface area contributed by atoms with Gasteiger partial charge in [0, 0.05) is 11.3 Å². The first-order valence-corrected chi connectivity index (χ1v) is 5.40. The Labute approximate surface area is 86.6 Å². The van der Waals surface area contributed by atoms with E-state index in [4.69, 9.17) is 16.0 Å². The molecule has 1 rings (SSSR count). The second-order valence-corrected chi connectivity index (χ2v) is 4.25. The van der Waals surface area contributed by atoms with E-state index in [1.54, 1.807) is 0 Å². The van der Waals surface area contributed by atoms with Gasteiger partial charge in [0.2, 0.25) is 0 Å². The highest BCUT2D eigenvalue weighted by molar-refractivity contribution is 7.86. The summed E-state index contributed by atoms with van der Waals surface area (Å²) < 4.78 is 30.7. The number of Topliss-reactive ketones (excluding diaryl/α,β-unsaturated/α-hetero) is 1. The summed E-state index contributed by atoms with van der Waals surface area (Å²) in [7, 11) is -4.47. The zero-order valence-electron chi connectivity index (χ0n) is 7.67. The van der Waals surface area contributed by atoms with Gasteiger partial charge in [-0.2, -0.15) is 8.42 Å². The van der Waals surface area contributed by atoms with Crippen LogP contribution in [0.2, 0.25) is 0 Å². The SMILES string of the molecule is NCC(=O)c1ccc(N)cc1S(=O)(=O)O. The minimum atomic E-state index is -4.47. The number of ketones is 1. The van der Waals surface area contributed by atoms with Gasteiger partial charge in [0.25, 0.3) is 10.1 Å². The molecule has 0 heterocycles. The molecule has 0 radical (unpaired) electrons. The fourth-order valence-corrected chi connectivity index (χ4v) is 1.84. The lowest BCUT2D eigenvalue weighted by molar-refractivity contribution is 0.0998. The van der Waals surface area contributed by atoms with Crippen LogP contribution in [-0.2, 0) is 10.1 Å². The Morgan fingerprint density at radius 3 is 2.47 bits per heavy atom. The van der Waals surface area contributed by atoms with Gasteiger partial charge in [-0.05, 0) is 18.2 Å². The van der Waals surface area contributed by atoms with Gasteiger partial charge in [-0.3, -0.25) is 9.35 Å². The lowest BCUT2D eigenvalue weighted by Crippen LogP contribution is -2.17. The molecule has 0 amide bonds. The quantitative estimate of drug-likeness (QED) is 0.370. The second kappa shape index (κ2) is 3.97. The summed E-state index contributed by atoms with van der Waals surface area (Å²) in [5.74, 6) is -0.581. The molecule has 5 N–H and O–H groups in total. The van der Waals surface area contributed by atoms with Crippen molar-refractivity contribution in [2.75, 3.05) is 12.3 Å². The molecule has 1 aromatic rings. The first-order valence-electron chi connectivity index (χ1n) is 3.96. The highest BCUT2D eigenvalue weighted by atomic mass is 32.2. The maximum Gasteiger partial charge on any atom is 0.295 e. The van der Waals surface area contributed by atoms with Gasteiger partial charge in [0.05, 0.1) is 6.54 Å². The third-order valence-electron chi connectivity index (χ3n) is 1.77. The average molecular weight is 230 g/mol. The van der Waals surface area contributed by atoms with Crippen molar-refractivity contribution >= 4 is 21.6 Å². The largest absolute Gasteiger partial charge is 0.399 e.